The molecule has 2 aromatic carbocycles. The topological polar surface area (TPSA) is 96.5 Å². The van der Waals surface area contributed by atoms with Crippen LogP contribution in [0, 0.1) is 0 Å². The first kappa shape index (κ1) is 24.1. The number of amides is 3. The van der Waals surface area contributed by atoms with Gasteiger partial charge in [0.15, 0.2) is 0 Å². The lowest BCUT2D eigenvalue weighted by molar-refractivity contribution is -0.116. The molecule has 0 unspecified atom stereocenters. The van der Waals surface area contributed by atoms with E-state index in [1.54, 1.807) is 45.0 Å². The maximum absolute atomic E-state index is 12.2. The monoisotopic (exact) mass is 487 g/mol. The number of carbonyl (C=O) groups excluding carboxylic acids is 3. The molecule has 3 amide bonds. The van der Waals surface area contributed by atoms with Gasteiger partial charge >= 0.3 is 6.09 Å². The Balaban J connectivity index is 1.87. The van der Waals surface area contributed by atoms with E-state index in [1.807, 2.05) is 30.3 Å². The number of hydrogen-bond donors (Lipinski definition) is 3. The summed E-state index contributed by atoms with van der Waals surface area (Å²) in [5.41, 5.74) is 1.55. The summed E-state index contributed by atoms with van der Waals surface area (Å²) in [6.45, 7) is 5.23. The first-order valence-corrected chi connectivity index (χ1v) is 10.5. The fourth-order valence-electron chi connectivity index (χ4n) is 2.44. The van der Waals surface area contributed by atoms with Gasteiger partial charge in [0.05, 0.1) is 0 Å². The summed E-state index contributed by atoms with van der Waals surface area (Å²) in [7, 11) is 0. The molecule has 0 radical (unpaired) electrons. The Hall–Kier alpha value is -3.13. The van der Waals surface area contributed by atoms with Gasteiger partial charge in [0.1, 0.15) is 12.1 Å². The zero-order chi connectivity index (χ0) is 22.9. The summed E-state index contributed by atoms with van der Waals surface area (Å²) >= 11 is 3.37. The van der Waals surface area contributed by atoms with Crippen LogP contribution >= 0.6 is 15.9 Å². The summed E-state index contributed by atoms with van der Waals surface area (Å²) in [5.74, 6) is -0.657. The number of benzene rings is 2. The maximum Gasteiger partial charge on any atom is 0.408 e. The molecule has 0 atom stereocenters. The van der Waals surface area contributed by atoms with E-state index in [9.17, 15) is 14.4 Å². The second-order valence-electron chi connectivity index (χ2n) is 7.66. The SMILES string of the molecule is CC(C)(C)OC(=O)NCC(=O)Nc1ccccc1CNC(=O)/C=C/c1ccc(Br)cc1. The number of alkyl carbamates (subject to hydrolysis) is 1. The highest BCUT2D eigenvalue weighted by Gasteiger charge is 2.16. The van der Waals surface area contributed by atoms with E-state index < -0.39 is 17.6 Å². The molecule has 7 nitrogen and oxygen atoms in total. The number of anilines is 1. The van der Waals surface area contributed by atoms with Crippen molar-refractivity contribution in [3.63, 3.8) is 0 Å². The van der Waals surface area contributed by atoms with Crippen molar-refractivity contribution in [2.24, 2.45) is 0 Å². The Morgan fingerprint density at radius 2 is 1.68 bits per heavy atom. The van der Waals surface area contributed by atoms with Crippen LogP contribution in [0.1, 0.15) is 31.9 Å². The van der Waals surface area contributed by atoms with Crippen molar-refractivity contribution in [3.05, 3.63) is 70.2 Å². The number of ether oxygens (including phenoxy) is 1. The summed E-state index contributed by atoms with van der Waals surface area (Å²) in [4.78, 5) is 36.0. The van der Waals surface area contributed by atoms with Crippen molar-refractivity contribution >= 4 is 45.6 Å². The van der Waals surface area contributed by atoms with Crippen LogP contribution in [0.5, 0.6) is 0 Å². The van der Waals surface area contributed by atoms with Crippen LogP contribution < -0.4 is 16.0 Å². The van der Waals surface area contributed by atoms with Crippen molar-refractivity contribution in [1.29, 1.82) is 0 Å². The summed E-state index contributed by atoms with van der Waals surface area (Å²) in [6, 6.07) is 14.7. The van der Waals surface area contributed by atoms with Gasteiger partial charge in [-0.3, -0.25) is 9.59 Å². The number of rotatable bonds is 7. The molecule has 0 aliphatic heterocycles. The number of halogens is 1. The quantitative estimate of drug-likeness (QED) is 0.508. The van der Waals surface area contributed by atoms with E-state index >= 15 is 0 Å². The molecule has 164 valence electrons. The second-order valence-corrected chi connectivity index (χ2v) is 8.58. The number of carbonyl (C=O) groups is 3. The van der Waals surface area contributed by atoms with Crippen LogP contribution in [0.4, 0.5) is 10.5 Å². The van der Waals surface area contributed by atoms with Crippen LogP contribution in [0.15, 0.2) is 59.1 Å². The molecule has 2 rings (SSSR count). The molecule has 0 saturated carbocycles. The average Bonchev–Trinajstić information content (AvgIpc) is 2.70. The van der Waals surface area contributed by atoms with Gasteiger partial charge in [0.2, 0.25) is 11.8 Å². The van der Waals surface area contributed by atoms with Gasteiger partial charge in [-0.2, -0.15) is 0 Å². The minimum atomic E-state index is -0.666. The number of nitrogens with one attached hydrogen (secondary N) is 3. The molecular formula is C23H26BrN3O4. The molecule has 2 aromatic rings. The predicted octanol–water partition coefficient (Wildman–Crippen LogP) is 4.24. The summed E-state index contributed by atoms with van der Waals surface area (Å²) < 4.78 is 6.07. The molecule has 0 aliphatic carbocycles. The van der Waals surface area contributed by atoms with Gasteiger partial charge in [-0.25, -0.2) is 4.79 Å². The molecule has 8 heteroatoms. The molecule has 3 N–H and O–H groups in total. The highest BCUT2D eigenvalue weighted by atomic mass is 79.9. The predicted molar refractivity (Wildman–Crippen MR) is 124 cm³/mol. The van der Waals surface area contributed by atoms with E-state index in [-0.39, 0.29) is 19.0 Å². The molecule has 0 aromatic heterocycles. The normalized spacial score (nSPS) is 11.1. The lowest BCUT2D eigenvalue weighted by Gasteiger charge is -2.19. The van der Waals surface area contributed by atoms with Gasteiger partial charge in [0.25, 0.3) is 0 Å². The molecule has 0 aliphatic rings. The molecule has 0 heterocycles. The fraction of sp³-hybridized carbons (Fsp3) is 0.261. The van der Waals surface area contributed by atoms with Crippen LogP contribution in [0.25, 0.3) is 6.08 Å². The van der Waals surface area contributed by atoms with Crippen molar-refractivity contribution in [2.75, 3.05) is 11.9 Å². The molecule has 0 fully saturated rings. The highest BCUT2D eigenvalue weighted by Crippen LogP contribution is 2.15. The molecule has 0 bridgehead atoms. The minimum Gasteiger partial charge on any atom is -0.444 e. The number of hydrogen-bond acceptors (Lipinski definition) is 4. The van der Waals surface area contributed by atoms with E-state index in [0.717, 1.165) is 15.6 Å². The standard InChI is InChI=1S/C23H26BrN3O4/c1-23(2,3)31-22(30)26-15-21(29)27-19-7-5-4-6-17(19)14-25-20(28)13-10-16-8-11-18(24)12-9-16/h4-13H,14-15H2,1-3H3,(H,25,28)(H,26,30)(H,27,29)/b13-10+. The first-order chi connectivity index (χ1) is 14.6. The Bertz CT molecular complexity index is 950. The largest absolute Gasteiger partial charge is 0.444 e. The Labute approximate surface area is 190 Å². The molecular weight excluding hydrogens is 462 g/mol. The first-order valence-electron chi connectivity index (χ1n) is 9.68. The Kier molecular flexibility index (Phi) is 8.81. The van der Waals surface area contributed by atoms with Crippen molar-refractivity contribution in [3.8, 4) is 0 Å². The van der Waals surface area contributed by atoms with E-state index in [0.29, 0.717) is 5.69 Å². The average molecular weight is 488 g/mol. The third-order valence-corrected chi connectivity index (χ3v) is 4.36. The minimum absolute atomic E-state index is 0.231. The Morgan fingerprint density at radius 1 is 1.00 bits per heavy atom. The molecule has 31 heavy (non-hydrogen) atoms. The molecule has 0 saturated heterocycles. The fourth-order valence-corrected chi connectivity index (χ4v) is 2.71. The maximum atomic E-state index is 12.2. The van der Waals surface area contributed by atoms with Crippen molar-refractivity contribution in [1.82, 2.24) is 10.6 Å². The lowest BCUT2D eigenvalue weighted by Crippen LogP contribution is -2.37. The van der Waals surface area contributed by atoms with E-state index in [1.165, 1.54) is 6.08 Å². The van der Waals surface area contributed by atoms with Gasteiger partial charge in [-0.1, -0.05) is 46.3 Å². The van der Waals surface area contributed by atoms with Crippen LogP contribution in [-0.4, -0.2) is 30.1 Å². The van der Waals surface area contributed by atoms with Gasteiger partial charge in [0, 0.05) is 22.8 Å². The van der Waals surface area contributed by atoms with Gasteiger partial charge < -0.3 is 20.7 Å². The van der Waals surface area contributed by atoms with Crippen molar-refractivity contribution < 1.29 is 19.1 Å². The molecule has 0 spiro atoms. The van der Waals surface area contributed by atoms with Crippen LogP contribution in [0.2, 0.25) is 0 Å². The zero-order valence-electron chi connectivity index (χ0n) is 17.7. The summed E-state index contributed by atoms with van der Waals surface area (Å²) in [6.07, 6.45) is 2.51. The Morgan fingerprint density at radius 3 is 2.35 bits per heavy atom. The third kappa shape index (κ3) is 9.48. The van der Waals surface area contributed by atoms with E-state index in [2.05, 4.69) is 31.9 Å². The van der Waals surface area contributed by atoms with E-state index in [4.69, 9.17) is 4.74 Å². The van der Waals surface area contributed by atoms with Gasteiger partial charge in [-0.15, -0.1) is 0 Å². The zero-order valence-corrected chi connectivity index (χ0v) is 19.3. The van der Waals surface area contributed by atoms with Crippen LogP contribution in [-0.2, 0) is 20.9 Å². The number of para-hydroxylation sites is 1. The van der Waals surface area contributed by atoms with Crippen LogP contribution in [0.3, 0.4) is 0 Å². The third-order valence-electron chi connectivity index (χ3n) is 3.83. The second kappa shape index (κ2) is 11.3. The van der Waals surface area contributed by atoms with Crippen molar-refractivity contribution in [2.45, 2.75) is 32.9 Å². The summed E-state index contributed by atoms with van der Waals surface area (Å²) in [5, 5.41) is 7.94. The lowest BCUT2D eigenvalue weighted by atomic mass is 10.1. The smallest absolute Gasteiger partial charge is 0.408 e. The van der Waals surface area contributed by atoms with Gasteiger partial charge in [-0.05, 0) is 56.2 Å². The highest BCUT2D eigenvalue weighted by molar-refractivity contribution is 9.10.